The molecule has 2 aromatic carbocycles. The Morgan fingerprint density at radius 1 is 1.21 bits per heavy atom. The van der Waals surface area contributed by atoms with Crippen LogP contribution in [0.25, 0.3) is 0 Å². The van der Waals surface area contributed by atoms with Gasteiger partial charge >= 0.3 is 0 Å². The fourth-order valence-corrected chi connectivity index (χ4v) is 10.5. The van der Waals surface area contributed by atoms with Crippen molar-refractivity contribution in [3.05, 3.63) is 69.8 Å². The van der Waals surface area contributed by atoms with E-state index >= 15 is 0 Å². The Morgan fingerprint density at radius 2 is 2.02 bits per heavy atom. The van der Waals surface area contributed by atoms with Crippen LogP contribution in [-0.4, -0.2) is 54.6 Å². The lowest BCUT2D eigenvalue weighted by molar-refractivity contribution is -0.00459. The average molecular weight is 623 g/mol. The van der Waals surface area contributed by atoms with Gasteiger partial charge in [-0.3, -0.25) is 9.52 Å². The van der Waals surface area contributed by atoms with E-state index in [1.54, 1.807) is 6.07 Å². The zero-order chi connectivity index (χ0) is 30.1. The minimum absolute atomic E-state index is 0.0892. The lowest BCUT2D eigenvalue weighted by Crippen LogP contribution is -2.51. The van der Waals surface area contributed by atoms with E-state index in [-0.39, 0.29) is 28.8 Å². The number of nitrogens with zero attached hydrogens (tertiary/aromatic N) is 1. The summed E-state index contributed by atoms with van der Waals surface area (Å²) in [5.74, 6) is 5.76. The van der Waals surface area contributed by atoms with Crippen molar-refractivity contribution in [2.75, 3.05) is 37.5 Å². The molecule has 8 rings (SSSR count). The van der Waals surface area contributed by atoms with Crippen molar-refractivity contribution < 1.29 is 18.5 Å². The first-order valence-corrected chi connectivity index (χ1v) is 18.0. The van der Waals surface area contributed by atoms with E-state index < -0.39 is 9.71 Å². The number of rotatable bonds is 1. The van der Waals surface area contributed by atoms with E-state index in [1.165, 1.54) is 16.7 Å². The molecule has 0 aromatic heterocycles. The second-order valence-electron chi connectivity index (χ2n) is 14.2. The number of aryl methyl sites for hydroxylation is 1. The molecule has 6 nitrogen and oxygen atoms in total. The molecule has 1 N–H and O–H groups in total. The van der Waals surface area contributed by atoms with Crippen LogP contribution in [0.4, 0.5) is 5.69 Å². The molecule has 7 atom stereocenters. The topological polar surface area (TPSA) is 67.9 Å². The summed E-state index contributed by atoms with van der Waals surface area (Å²) in [6.07, 6.45) is 8.79. The van der Waals surface area contributed by atoms with Crippen LogP contribution < -0.4 is 14.4 Å². The van der Waals surface area contributed by atoms with Gasteiger partial charge in [0, 0.05) is 51.7 Å². The normalized spacial score (nSPS) is 37.0. The highest BCUT2D eigenvalue weighted by Gasteiger charge is 2.48. The van der Waals surface area contributed by atoms with Gasteiger partial charge < -0.3 is 14.4 Å². The molecule has 3 heterocycles. The molecule has 6 aliphatic rings. The van der Waals surface area contributed by atoms with Crippen LogP contribution in [0, 0.1) is 23.2 Å². The van der Waals surface area contributed by atoms with Crippen LogP contribution in [0.2, 0.25) is 5.02 Å². The van der Waals surface area contributed by atoms with E-state index in [0.29, 0.717) is 29.8 Å². The number of ether oxygens (including phenoxy) is 2. The molecular weight excluding hydrogens is 580 g/mol. The zero-order valence-corrected chi connectivity index (χ0v) is 27.1. The number of fused-ring (bicyclic) bond motifs is 6. The van der Waals surface area contributed by atoms with E-state index in [2.05, 4.69) is 47.5 Å². The maximum atomic E-state index is 13.6. The van der Waals surface area contributed by atoms with Crippen LogP contribution in [0.5, 0.6) is 5.75 Å². The Morgan fingerprint density at radius 3 is 2.77 bits per heavy atom. The summed E-state index contributed by atoms with van der Waals surface area (Å²) >= 11 is 6.44. The first kappa shape index (κ1) is 29.2. The van der Waals surface area contributed by atoms with Crippen LogP contribution in [-0.2, 0) is 26.3 Å². The summed E-state index contributed by atoms with van der Waals surface area (Å²) < 4.78 is 29.3. The molecule has 1 fully saturated rings. The standard InChI is InChI=1S/C35H43ClN2O4S/c1-22-19-43(4,40)37-33(39)24-8-12-31-30(15-24)38(18-25-7-10-28(25)32(41-3)26-16-34(22,2)17-26)20-35(21-42-31)13-5-6-23-14-27(36)9-11-29(23)35/h8-9,11-12,14-16,22,25,28,32H,4-7,10,13,17-21H2,1-3H3,(H,37,39,40)/t22-,25+,28-,32+,34?,35+,43?/m1/s1. The molecule has 1 spiro atoms. The fourth-order valence-electron chi connectivity index (χ4n) is 8.56. The molecule has 1 amide bonds. The summed E-state index contributed by atoms with van der Waals surface area (Å²) in [6, 6.07) is 12.0. The van der Waals surface area contributed by atoms with Crippen molar-refractivity contribution in [2.24, 2.45) is 23.2 Å². The second kappa shape index (κ2) is 10.6. The number of nitrogens with one attached hydrogen (secondary N) is 1. The van der Waals surface area contributed by atoms with Crippen molar-refractivity contribution >= 4 is 38.8 Å². The van der Waals surface area contributed by atoms with Crippen molar-refractivity contribution in [3.63, 3.8) is 0 Å². The third-order valence-corrected chi connectivity index (χ3v) is 13.1. The number of methoxy groups -OCH3 is 1. The third-order valence-electron chi connectivity index (χ3n) is 11.3. The Labute approximate surface area is 261 Å². The monoisotopic (exact) mass is 622 g/mol. The molecule has 43 heavy (non-hydrogen) atoms. The Bertz CT molecular complexity index is 1600. The molecule has 8 heteroatoms. The molecule has 230 valence electrons. The summed E-state index contributed by atoms with van der Waals surface area (Å²) in [7, 11) is -1.00. The van der Waals surface area contributed by atoms with E-state index in [4.69, 9.17) is 21.1 Å². The Kier molecular flexibility index (Phi) is 7.18. The van der Waals surface area contributed by atoms with E-state index in [0.717, 1.165) is 68.1 Å². The maximum Gasteiger partial charge on any atom is 0.262 e. The quantitative estimate of drug-likeness (QED) is 0.303. The van der Waals surface area contributed by atoms with Gasteiger partial charge in [-0.15, -0.1) is 0 Å². The summed E-state index contributed by atoms with van der Waals surface area (Å²) in [5.41, 5.74) is 5.12. The van der Waals surface area contributed by atoms with Crippen LogP contribution in [0.3, 0.4) is 0 Å². The Hall–Kier alpha value is -2.48. The second-order valence-corrected chi connectivity index (χ2v) is 16.8. The number of hydrogen-bond acceptors (Lipinski definition) is 5. The number of carbonyl (C=O) groups excluding carboxylic acids is 1. The van der Waals surface area contributed by atoms with E-state index in [9.17, 15) is 9.00 Å². The van der Waals surface area contributed by atoms with Crippen LogP contribution in [0.1, 0.15) is 67.4 Å². The predicted molar refractivity (Wildman–Crippen MR) is 175 cm³/mol. The highest BCUT2D eigenvalue weighted by molar-refractivity contribution is 7.99. The minimum Gasteiger partial charge on any atom is -0.490 e. The molecule has 0 saturated heterocycles. The van der Waals surface area contributed by atoms with Crippen molar-refractivity contribution in [2.45, 2.75) is 63.9 Å². The van der Waals surface area contributed by atoms with Crippen molar-refractivity contribution in [1.82, 2.24) is 4.72 Å². The molecule has 3 aliphatic heterocycles. The highest BCUT2D eigenvalue weighted by atomic mass is 35.5. The molecule has 3 aliphatic carbocycles. The first-order chi connectivity index (χ1) is 20.5. The van der Waals surface area contributed by atoms with Gasteiger partial charge in [-0.05, 0) is 115 Å². The van der Waals surface area contributed by atoms with Crippen LogP contribution in [0.15, 0.2) is 48.0 Å². The summed E-state index contributed by atoms with van der Waals surface area (Å²) in [4.78, 5) is 16.0. The van der Waals surface area contributed by atoms with Gasteiger partial charge in [0.15, 0.2) is 0 Å². The molecule has 1 saturated carbocycles. The average Bonchev–Trinajstić information content (AvgIpc) is 3.08. The highest BCUT2D eigenvalue weighted by Crippen LogP contribution is 2.52. The molecule has 4 bridgehead atoms. The minimum atomic E-state index is -2.85. The fraction of sp³-hybridized carbons (Fsp3) is 0.543. The zero-order valence-electron chi connectivity index (χ0n) is 25.5. The van der Waals surface area contributed by atoms with E-state index in [1.807, 2.05) is 25.3 Å². The lowest BCUT2D eigenvalue weighted by Gasteiger charge is -2.50. The SMILES string of the molecule is C=S1(=O)C[C@@H](C)C2(C)C=C(C2)[C@H](OC)[C@@H]2CC[C@H]2CN2C[C@@]3(CCCc4cc(Cl)ccc43)COc3ccc(cc32)C(=O)N1. The van der Waals surface area contributed by atoms with Gasteiger partial charge in [-0.1, -0.05) is 37.6 Å². The van der Waals surface area contributed by atoms with Gasteiger partial charge in [0.05, 0.1) is 18.4 Å². The number of halogens is 1. The maximum absolute atomic E-state index is 13.6. The molecular formula is C35H43ClN2O4S. The predicted octanol–water partition coefficient (Wildman–Crippen LogP) is 6.20. The molecule has 0 radical (unpaired) electrons. The number of amides is 1. The largest absolute Gasteiger partial charge is 0.490 e. The lowest BCUT2D eigenvalue weighted by atomic mass is 9.60. The third kappa shape index (κ3) is 5.09. The summed E-state index contributed by atoms with van der Waals surface area (Å²) in [6.45, 7) is 6.58. The number of carbonyl (C=O) groups is 1. The molecule has 2 unspecified atom stereocenters. The number of benzene rings is 2. The first-order valence-electron chi connectivity index (χ1n) is 15.7. The molecule has 2 aromatic rings. The number of allylic oxidation sites excluding steroid dienone is 1. The number of anilines is 1. The summed E-state index contributed by atoms with van der Waals surface area (Å²) in [5, 5.41) is 0.773. The van der Waals surface area contributed by atoms with Crippen molar-refractivity contribution in [1.29, 1.82) is 0 Å². The van der Waals surface area contributed by atoms with Gasteiger partial charge in [0.2, 0.25) is 0 Å². The van der Waals surface area contributed by atoms with Gasteiger partial charge in [-0.25, -0.2) is 4.21 Å². The van der Waals surface area contributed by atoms with Gasteiger partial charge in [0.1, 0.15) is 5.75 Å². The number of hydrogen-bond donors (Lipinski definition) is 1. The smallest absolute Gasteiger partial charge is 0.262 e. The Balaban J connectivity index is 1.31. The van der Waals surface area contributed by atoms with Gasteiger partial charge in [-0.2, -0.15) is 0 Å². The van der Waals surface area contributed by atoms with Crippen LogP contribution >= 0.6 is 11.6 Å². The van der Waals surface area contributed by atoms with Crippen molar-refractivity contribution in [3.8, 4) is 5.75 Å². The van der Waals surface area contributed by atoms with Gasteiger partial charge in [0.25, 0.3) is 5.91 Å².